The van der Waals surface area contributed by atoms with Crippen LogP contribution in [0.1, 0.15) is 15.9 Å². The minimum Gasteiger partial charge on any atom is -0.505 e. The minimum atomic E-state index is -0.435. The number of ketones is 1. The smallest absolute Gasteiger partial charge is 0.198 e. The summed E-state index contributed by atoms with van der Waals surface area (Å²) in [5.41, 5.74) is 1.40. The summed E-state index contributed by atoms with van der Waals surface area (Å²) in [6.45, 7) is 0. The van der Waals surface area contributed by atoms with Gasteiger partial charge in [-0.05, 0) is 5.56 Å². The third-order valence-electron chi connectivity index (χ3n) is 3.00. The normalized spacial score (nSPS) is 12.4. The fourth-order valence-electron chi connectivity index (χ4n) is 2.17. The minimum absolute atomic E-state index is 0.0221. The van der Waals surface area contributed by atoms with E-state index in [9.17, 15) is 15.0 Å². The van der Waals surface area contributed by atoms with Crippen molar-refractivity contribution in [2.24, 2.45) is 0 Å². The van der Waals surface area contributed by atoms with Gasteiger partial charge in [0, 0.05) is 11.1 Å². The molecule has 0 radical (unpaired) electrons. The van der Waals surface area contributed by atoms with Crippen molar-refractivity contribution in [1.82, 2.24) is 0 Å². The first-order chi connectivity index (χ1) is 8.54. The Morgan fingerprint density at radius 3 is 2.11 bits per heavy atom. The zero-order valence-corrected chi connectivity index (χ0v) is 10.4. The first-order valence-electron chi connectivity index (χ1n) is 5.11. The lowest BCUT2D eigenvalue weighted by molar-refractivity contribution is 0.104. The largest absolute Gasteiger partial charge is 0.505 e. The highest BCUT2D eigenvalue weighted by Crippen LogP contribution is 2.52. The van der Waals surface area contributed by atoms with E-state index in [4.69, 9.17) is 23.2 Å². The van der Waals surface area contributed by atoms with Gasteiger partial charge in [-0.3, -0.25) is 4.79 Å². The molecule has 0 spiro atoms. The molecule has 0 bridgehead atoms. The van der Waals surface area contributed by atoms with E-state index < -0.39 is 11.5 Å². The Hall–Kier alpha value is -1.71. The van der Waals surface area contributed by atoms with Crippen LogP contribution in [0.3, 0.4) is 0 Å². The molecule has 0 unspecified atom stereocenters. The van der Waals surface area contributed by atoms with E-state index in [-0.39, 0.29) is 21.4 Å². The van der Waals surface area contributed by atoms with Crippen molar-refractivity contribution < 1.29 is 15.0 Å². The fraction of sp³-hybridized carbons (Fsp3) is 0. The van der Waals surface area contributed by atoms with Gasteiger partial charge in [-0.15, -0.1) is 0 Å². The van der Waals surface area contributed by atoms with E-state index in [2.05, 4.69) is 0 Å². The third-order valence-corrected chi connectivity index (χ3v) is 3.72. The SMILES string of the molecule is O=C1c2ccccc2-c2c(Cl)c(O)c(Cl)c(O)c21. The van der Waals surface area contributed by atoms with Crippen molar-refractivity contribution in [2.45, 2.75) is 0 Å². The summed E-state index contributed by atoms with van der Waals surface area (Å²) in [6.07, 6.45) is 0. The molecule has 18 heavy (non-hydrogen) atoms. The lowest BCUT2D eigenvalue weighted by Crippen LogP contribution is -1.96. The Balaban J connectivity index is 2.51. The second-order valence-corrected chi connectivity index (χ2v) is 4.71. The number of carbonyl (C=O) groups excluding carboxylic acids is 1. The zero-order chi connectivity index (χ0) is 13.0. The lowest BCUT2D eigenvalue weighted by Gasteiger charge is -2.09. The highest BCUT2D eigenvalue weighted by molar-refractivity contribution is 6.43. The van der Waals surface area contributed by atoms with E-state index in [1.54, 1.807) is 24.3 Å². The number of carbonyl (C=O) groups is 1. The summed E-state index contributed by atoms with van der Waals surface area (Å²) in [4.78, 5) is 12.2. The number of fused-ring (bicyclic) bond motifs is 3. The Bertz CT molecular complexity index is 708. The molecule has 0 amide bonds. The predicted octanol–water partition coefficient (Wildman–Crippen LogP) is 3.62. The molecular weight excluding hydrogens is 275 g/mol. The summed E-state index contributed by atoms with van der Waals surface area (Å²) < 4.78 is 0. The van der Waals surface area contributed by atoms with Crippen LogP contribution in [0.5, 0.6) is 11.5 Å². The first-order valence-corrected chi connectivity index (χ1v) is 5.86. The number of aromatic hydroxyl groups is 2. The maximum absolute atomic E-state index is 12.2. The number of phenols is 2. The summed E-state index contributed by atoms with van der Waals surface area (Å²) in [5.74, 6) is -1.20. The maximum Gasteiger partial charge on any atom is 0.198 e. The molecule has 0 aliphatic heterocycles. The highest BCUT2D eigenvalue weighted by atomic mass is 35.5. The molecule has 3 rings (SSSR count). The third kappa shape index (κ3) is 1.23. The zero-order valence-electron chi connectivity index (χ0n) is 8.87. The van der Waals surface area contributed by atoms with Crippen LogP contribution in [0, 0.1) is 0 Å². The summed E-state index contributed by atoms with van der Waals surface area (Å²) in [5, 5.41) is 19.3. The molecule has 2 aromatic carbocycles. The Kier molecular flexibility index (Phi) is 2.30. The van der Waals surface area contributed by atoms with E-state index in [1.807, 2.05) is 0 Å². The molecule has 0 saturated heterocycles. The van der Waals surface area contributed by atoms with E-state index in [1.165, 1.54) is 0 Å². The van der Waals surface area contributed by atoms with Crippen molar-refractivity contribution in [2.75, 3.05) is 0 Å². The Morgan fingerprint density at radius 2 is 1.44 bits per heavy atom. The van der Waals surface area contributed by atoms with Gasteiger partial charge in [0.1, 0.15) is 10.8 Å². The summed E-state index contributed by atoms with van der Waals surface area (Å²) in [6, 6.07) is 6.81. The van der Waals surface area contributed by atoms with Gasteiger partial charge in [-0.2, -0.15) is 0 Å². The number of halogens is 2. The molecule has 0 aromatic heterocycles. The second-order valence-electron chi connectivity index (χ2n) is 3.95. The summed E-state index contributed by atoms with van der Waals surface area (Å²) >= 11 is 11.7. The highest BCUT2D eigenvalue weighted by Gasteiger charge is 2.34. The van der Waals surface area contributed by atoms with E-state index >= 15 is 0 Å². The van der Waals surface area contributed by atoms with Crippen molar-refractivity contribution >= 4 is 29.0 Å². The van der Waals surface area contributed by atoms with Gasteiger partial charge in [0.2, 0.25) is 0 Å². The average Bonchev–Trinajstić information content (AvgIpc) is 2.68. The van der Waals surface area contributed by atoms with Gasteiger partial charge in [-0.25, -0.2) is 0 Å². The van der Waals surface area contributed by atoms with E-state index in [0.717, 1.165) is 0 Å². The van der Waals surface area contributed by atoms with Gasteiger partial charge in [0.25, 0.3) is 0 Å². The standard InChI is InChI=1S/C13H6Cl2O3/c14-9-7-5-3-1-2-4-6(5)11(16)8(7)12(17)10(15)13(9)18/h1-4,17-18H. The fourth-order valence-corrected chi connectivity index (χ4v) is 2.70. The molecule has 0 heterocycles. The number of benzene rings is 2. The molecule has 3 nitrogen and oxygen atoms in total. The van der Waals surface area contributed by atoms with Crippen LogP contribution in [-0.2, 0) is 0 Å². The van der Waals surface area contributed by atoms with Crippen LogP contribution >= 0.6 is 23.2 Å². The lowest BCUT2D eigenvalue weighted by atomic mass is 10.0. The molecule has 1 aliphatic rings. The quantitative estimate of drug-likeness (QED) is 0.661. The van der Waals surface area contributed by atoms with Crippen molar-refractivity contribution in [1.29, 1.82) is 0 Å². The van der Waals surface area contributed by atoms with Crippen LogP contribution in [0.4, 0.5) is 0 Å². The number of hydrogen-bond donors (Lipinski definition) is 2. The Morgan fingerprint density at radius 1 is 0.833 bits per heavy atom. The maximum atomic E-state index is 12.2. The number of phenolic OH excluding ortho intramolecular Hbond substituents is 2. The van der Waals surface area contributed by atoms with Crippen molar-refractivity contribution in [3.63, 3.8) is 0 Å². The van der Waals surface area contributed by atoms with E-state index in [0.29, 0.717) is 16.7 Å². The Labute approximate surface area is 112 Å². The van der Waals surface area contributed by atoms with Gasteiger partial charge in [0.15, 0.2) is 11.5 Å². The molecular formula is C13H6Cl2O3. The molecule has 0 atom stereocenters. The van der Waals surface area contributed by atoms with Gasteiger partial charge in [-0.1, -0.05) is 47.5 Å². The molecule has 1 aliphatic carbocycles. The van der Waals surface area contributed by atoms with Crippen molar-refractivity contribution in [3.05, 3.63) is 45.4 Å². The second kappa shape index (κ2) is 3.64. The van der Waals surface area contributed by atoms with Gasteiger partial charge >= 0.3 is 0 Å². The van der Waals surface area contributed by atoms with Crippen LogP contribution in [-0.4, -0.2) is 16.0 Å². The number of hydrogen-bond acceptors (Lipinski definition) is 3. The molecule has 2 aromatic rings. The molecule has 5 heteroatoms. The summed E-state index contributed by atoms with van der Waals surface area (Å²) in [7, 11) is 0. The molecule has 2 N–H and O–H groups in total. The van der Waals surface area contributed by atoms with Crippen LogP contribution in [0.25, 0.3) is 11.1 Å². The van der Waals surface area contributed by atoms with Crippen molar-refractivity contribution in [3.8, 4) is 22.6 Å². The van der Waals surface area contributed by atoms with Crippen LogP contribution in [0.15, 0.2) is 24.3 Å². The van der Waals surface area contributed by atoms with Gasteiger partial charge in [0.05, 0.1) is 10.6 Å². The molecule has 0 fully saturated rings. The monoisotopic (exact) mass is 280 g/mol. The topological polar surface area (TPSA) is 57.5 Å². The number of rotatable bonds is 0. The predicted molar refractivity (Wildman–Crippen MR) is 68.7 cm³/mol. The first kappa shape index (κ1) is 11.4. The molecule has 0 saturated carbocycles. The molecule has 90 valence electrons. The van der Waals surface area contributed by atoms with Crippen LogP contribution < -0.4 is 0 Å². The average molecular weight is 281 g/mol. The van der Waals surface area contributed by atoms with Gasteiger partial charge < -0.3 is 10.2 Å². The van der Waals surface area contributed by atoms with Crippen LogP contribution in [0.2, 0.25) is 10.0 Å².